The lowest BCUT2D eigenvalue weighted by Gasteiger charge is -2.22. The monoisotopic (exact) mass is 405 g/mol. The van der Waals surface area contributed by atoms with E-state index in [0.29, 0.717) is 11.8 Å². The Hall–Kier alpha value is -3.00. The van der Waals surface area contributed by atoms with Crippen LogP contribution in [0.4, 0.5) is 5.82 Å². The van der Waals surface area contributed by atoms with Crippen LogP contribution in [-0.4, -0.2) is 55.4 Å². The van der Waals surface area contributed by atoms with Crippen molar-refractivity contribution < 1.29 is 0 Å². The van der Waals surface area contributed by atoms with Crippen molar-refractivity contribution in [3.63, 3.8) is 0 Å². The highest BCUT2D eigenvalue weighted by molar-refractivity contribution is 5.45. The van der Waals surface area contributed by atoms with Crippen molar-refractivity contribution >= 4 is 5.82 Å². The smallest absolute Gasteiger partial charge is 0.250 e. The van der Waals surface area contributed by atoms with Gasteiger partial charge in [-0.1, -0.05) is 6.07 Å². The molecular formula is C22H27N7O. The molecule has 156 valence electrons. The number of likely N-dealkylation sites (tertiary alicyclic amines) is 1. The molecule has 0 aromatic carbocycles. The van der Waals surface area contributed by atoms with Crippen LogP contribution < -0.4 is 10.5 Å². The maximum absolute atomic E-state index is 11.6. The van der Waals surface area contributed by atoms with Gasteiger partial charge in [0.25, 0.3) is 0 Å². The molecule has 2 aliphatic heterocycles. The summed E-state index contributed by atoms with van der Waals surface area (Å²) in [5.74, 6) is 3.08. The fourth-order valence-electron chi connectivity index (χ4n) is 4.90. The zero-order valence-electron chi connectivity index (χ0n) is 17.7. The Morgan fingerprint density at radius 2 is 1.73 bits per heavy atom. The Kier molecular flexibility index (Phi) is 4.66. The van der Waals surface area contributed by atoms with Crippen molar-refractivity contribution in [3.8, 4) is 5.82 Å². The average Bonchev–Trinajstić information content (AvgIpc) is 3.37. The first-order valence-corrected chi connectivity index (χ1v) is 10.4. The van der Waals surface area contributed by atoms with Crippen LogP contribution in [0, 0.1) is 25.7 Å². The van der Waals surface area contributed by atoms with E-state index in [1.807, 2.05) is 43.9 Å². The van der Waals surface area contributed by atoms with Gasteiger partial charge in [-0.05, 0) is 37.3 Å². The van der Waals surface area contributed by atoms with Crippen LogP contribution in [0.5, 0.6) is 0 Å². The van der Waals surface area contributed by atoms with Gasteiger partial charge < -0.3 is 9.47 Å². The van der Waals surface area contributed by atoms with Gasteiger partial charge in [-0.3, -0.25) is 9.69 Å². The van der Waals surface area contributed by atoms with Crippen LogP contribution in [0.15, 0.2) is 41.6 Å². The molecule has 0 radical (unpaired) electrons. The summed E-state index contributed by atoms with van der Waals surface area (Å²) in [6.45, 7) is 9.13. The maximum Gasteiger partial charge on any atom is 0.250 e. The first-order valence-electron chi connectivity index (χ1n) is 10.4. The lowest BCUT2D eigenvalue weighted by atomic mass is 10.0. The van der Waals surface area contributed by atoms with E-state index in [0.717, 1.165) is 55.7 Å². The highest BCUT2D eigenvalue weighted by Crippen LogP contribution is 2.34. The predicted molar refractivity (Wildman–Crippen MR) is 115 cm³/mol. The van der Waals surface area contributed by atoms with Crippen molar-refractivity contribution in [1.82, 2.24) is 29.2 Å². The number of fused-ring (bicyclic) bond motifs is 1. The fraction of sp³-hybridized carbons (Fsp3) is 0.455. The number of hydrogen-bond acceptors (Lipinski definition) is 6. The summed E-state index contributed by atoms with van der Waals surface area (Å²) < 4.78 is 3.54. The summed E-state index contributed by atoms with van der Waals surface area (Å²) in [7, 11) is 1.81. The van der Waals surface area contributed by atoms with Gasteiger partial charge in [0, 0.05) is 63.8 Å². The first kappa shape index (κ1) is 19.0. The molecule has 8 nitrogen and oxygen atoms in total. The van der Waals surface area contributed by atoms with E-state index in [1.165, 1.54) is 5.56 Å². The van der Waals surface area contributed by atoms with Gasteiger partial charge in [0.2, 0.25) is 5.56 Å². The van der Waals surface area contributed by atoms with E-state index in [4.69, 9.17) is 0 Å². The summed E-state index contributed by atoms with van der Waals surface area (Å²) in [4.78, 5) is 25.5. The van der Waals surface area contributed by atoms with Crippen LogP contribution in [0.3, 0.4) is 0 Å². The molecule has 2 fully saturated rings. The Balaban J connectivity index is 1.26. The molecule has 5 heterocycles. The number of aryl methyl sites for hydroxylation is 3. The summed E-state index contributed by atoms with van der Waals surface area (Å²) in [6.07, 6.45) is 3.59. The largest absolute Gasteiger partial charge is 0.356 e. The number of anilines is 1. The molecule has 2 aliphatic rings. The van der Waals surface area contributed by atoms with Crippen LogP contribution in [-0.2, 0) is 13.6 Å². The molecular weight excluding hydrogens is 378 g/mol. The van der Waals surface area contributed by atoms with Crippen LogP contribution >= 0.6 is 0 Å². The topological polar surface area (TPSA) is 72.1 Å². The van der Waals surface area contributed by atoms with Crippen molar-refractivity contribution in [1.29, 1.82) is 0 Å². The third kappa shape index (κ3) is 3.52. The molecule has 2 saturated heterocycles. The standard InChI is InChI=1S/C22H27N7O/c1-15-6-16(2)29(25-15)21-7-20(23-14-24-21)28-12-18-10-27(11-19(18)13-28)9-17-4-5-22(30)26(3)8-17/h4-8,14,18-19H,9-13H2,1-3H3. The number of pyridine rings is 1. The number of hydrogen-bond donors (Lipinski definition) is 0. The molecule has 30 heavy (non-hydrogen) atoms. The van der Waals surface area contributed by atoms with Gasteiger partial charge >= 0.3 is 0 Å². The molecule has 3 aromatic heterocycles. The molecule has 0 amide bonds. The van der Waals surface area contributed by atoms with Gasteiger partial charge in [-0.2, -0.15) is 5.10 Å². The summed E-state index contributed by atoms with van der Waals surface area (Å²) in [5, 5.41) is 4.55. The van der Waals surface area contributed by atoms with Gasteiger partial charge in [-0.15, -0.1) is 0 Å². The number of aromatic nitrogens is 5. The molecule has 8 heteroatoms. The van der Waals surface area contributed by atoms with E-state index in [2.05, 4.69) is 30.9 Å². The molecule has 0 spiro atoms. The van der Waals surface area contributed by atoms with Crippen LogP contribution in [0.1, 0.15) is 17.0 Å². The molecule has 3 aromatic rings. The molecule has 0 saturated carbocycles. The summed E-state index contributed by atoms with van der Waals surface area (Å²) in [5.41, 5.74) is 3.29. The second-order valence-corrected chi connectivity index (χ2v) is 8.68. The lowest BCUT2D eigenvalue weighted by Crippen LogP contribution is -2.29. The van der Waals surface area contributed by atoms with E-state index in [1.54, 1.807) is 17.0 Å². The third-order valence-corrected chi connectivity index (χ3v) is 6.30. The zero-order valence-corrected chi connectivity index (χ0v) is 17.7. The van der Waals surface area contributed by atoms with E-state index >= 15 is 0 Å². The molecule has 5 rings (SSSR count). The van der Waals surface area contributed by atoms with Crippen molar-refractivity contribution in [2.45, 2.75) is 20.4 Å². The quantitative estimate of drug-likeness (QED) is 0.656. The highest BCUT2D eigenvalue weighted by Gasteiger charge is 2.40. The maximum atomic E-state index is 11.6. The van der Waals surface area contributed by atoms with Crippen LogP contribution in [0.2, 0.25) is 0 Å². The predicted octanol–water partition coefficient (Wildman–Crippen LogP) is 1.55. The Labute approximate surface area is 175 Å². The second-order valence-electron chi connectivity index (χ2n) is 8.68. The zero-order chi connectivity index (χ0) is 20.8. The van der Waals surface area contributed by atoms with Gasteiger partial charge in [-0.25, -0.2) is 14.6 Å². The molecule has 2 atom stereocenters. The van der Waals surface area contributed by atoms with Gasteiger partial charge in [0.15, 0.2) is 5.82 Å². The van der Waals surface area contributed by atoms with Crippen molar-refractivity contribution in [2.24, 2.45) is 18.9 Å². The Bertz CT molecular complexity index is 1120. The van der Waals surface area contributed by atoms with Crippen LogP contribution in [0.25, 0.3) is 5.82 Å². The van der Waals surface area contributed by atoms with Crippen molar-refractivity contribution in [3.05, 3.63) is 64.1 Å². The Morgan fingerprint density at radius 3 is 2.40 bits per heavy atom. The molecule has 2 unspecified atom stereocenters. The molecule has 0 bridgehead atoms. The van der Waals surface area contributed by atoms with E-state index in [-0.39, 0.29) is 5.56 Å². The van der Waals surface area contributed by atoms with Gasteiger partial charge in [0.1, 0.15) is 12.1 Å². The third-order valence-electron chi connectivity index (χ3n) is 6.30. The normalized spacial score (nSPS) is 21.4. The van der Waals surface area contributed by atoms with E-state index in [9.17, 15) is 4.79 Å². The SMILES string of the molecule is Cc1cc(C)n(-c2cc(N3CC4CN(Cc5ccc(=O)n(C)c5)CC4C3)ncn2)n1. The Morgan fingerprint density at radius 1 is 1.00 bits per heavy atom. The first-order chi connectivity index (χ1) is 14.5. The van der Waals surface area contributed by atoms with E-state index < -0.39 is 0 Å². The highest BCUT2D eigenvalue weighted by atomic mass is 16.1. The molecule has 0 aliphatic carbocycles. The summed E-state index contributed by atoms with van der Waals surface area (Å²) >= 11 is 0. The molecule has 0 N–H and O–H groups in total. The lowest BCUT2D eigenvalue weighted by molar-refractivity contribution is 0.308. The minimum absolute atomic E-state index is 0.0392. The van der Waals surface area contributed by atoms with Gasteiger partial charge in [0.05, 0.1) is 5.69 Å². The average molecular weight is 406 g/mol. The second kappa shape index (κ2) is 7.36. The number of rotatable bonds is 4. The fourth-order valence-corrected chi connectivity index (χ4v) is 4.90. The number of nitrogens with zero attached hydrogens (tertiary/aromatic N) is 7. The minimum atomic E-state index is 0.0392. The minimum Gasteiger partial charge on any atom is -0.356 e. The summed E-state index contributed by atoms with van der Waals surface area (Å²) in [6, 6.07) is 7.71. The van der Waals surface area contributed by atoms with Crippen molar-refractivity contribution in [2.75, 3.05) is 31.1 Å².